The van der Waals surface area contributed by atoms with Gasteiger partial charge in [0.25, 0.3) is 0 Å². The van der Waals surface area contributed by atoms with Crippen LogP contribution < -0.4 is 10.1 Å². The maximum absolute atomic E-state index is 11.9. The van der Waals surface area contributed by atoms with Crippen molar-refractivity contribution in [3.8, 4) is 17.9 Å². The molecule has 0 saturated heterocycles. The molecule has 6 nitrogen and oxygen atoms in total. The van der Waals surface area contributed by atoms with E-state index in [1.165, 1.54) is 13.3 Å². The van der Waals surface area contributed by atoms with Crippen LogP contribution in [0.2, 0.25) is 0 Å². The highest BCUT2D eigenvalue weighted by molar-refractivity contribution is 14.1. The number of nitrogens with zero attached hydrogens (tertiary/aromatic N) is 2. The van der Waals surface area contributed by atoms with Gasteiger partial charge in [0.1, 0.15) is 30.1 Å². The summed E-state index contributed by atoms with van der Waals surface area (Å²) in [6, 6.07) is 16.3. The number of halogens is 1. The maximum Gasteiger partial charge on any atom is 0.338 e. The van der Waals surface area contributed by atoms with Gasteiger partial charge >= 0.3 is 5.97 Å². The van der Waals surface area contributed by atoms with Gasteiger partial charge < -0.3 is 14.8 Å². The SMILES string of the molecule is COC(=O)c1cc(I)c(NC=C(C#N)C#N)c(OCc2ccccc2)c1. The van der Waals surface area contributed by atoms with E-state index in [0.717, 1.165) is 5.56 Å². The number of hydrogen-bond acceptors (Lipinski definition) is 6. The van der Waals surface area contributed by atoms with E-state index in [0.29, 0.717) is 27.2 Å². The number of nitrogens with one attached hydrogen (secondary N) is 1. The van der Waals surface area contributed by atoms with Crippen molar-refractivity contribution < 1.29 is 14.3 Å². The Morgan fingerprint density at radius 3 is 2.54 bits per heavy atom. The van der Waals surface area contributed by atoms with Crippen LogP contribution in [-0.4, -0.2) is 13.1 Å². The molecule has 0 saturated carbocycles. The van der Waals surface area contributed by atoms with Crippen molar-refractivity contribution in [3.63, 3.8) is 0 Å². The van der Waals surface area contributed by atoms with Crippen LogP contribution in [-0.2, 0) is 11.3 Å². The van der Waals surface area contributed by atoms with Gasteiger partial charge in [-0.3, -0.25) is 0 Å². The molecule has 0 spiro atoms. The molecular weight excluding hydrogens is 445 g/mol. The number of anilines is 1. The Bertz CT molecular complexity index is 896. The highest BCUT2D eigenvalue weighted by Crippen LogP contribution is 2.33. The van der Waals surface area contributed by atoms with E-state index < -0.39 is 5.97 Å². The Hall–Kier alpha value is -3.04. The molecule has 2 aromatic rings. The fourth-order valence-corrected chi connectivity index (χ4v) is 2.80. The molecule has 1 N–H and O–H groups in total. The first-order valence-electron chi connectivity index (χ1n) is 7.44. The molecule has 0 atom stereocenters. The third-order valence-electron chi connectivity index (χ3n) is 3.31. The molecule has 0 aliphatic rings. The largest absolute Gasteiger partial charge is 0.487 e. The van der Waals surface area contributed by atoms with Gasteiger partial charge in [-0.05, 0) is 40.3 Å². The van der Waals surface area contributed by atoms with Gasteiger partial charge in [-0.15, -0.1) is 0 Å². The smallest absolute Gasteiger partial charge is 0.338 e. The topological polar surface area (TPSA) is 95.1 Å². The maximum atomic E-state index is 11.9. The lowest BCUT2D eigenvalue weighted by atomic mass is 10.2. The molecule has 0 aliphatic heterocycles. The van der Waals surface area contributed by atoms with Crippen molar-refractivity contribution in [2.75, 3.05) is 12.4 Å². The van der Waals surface area contributed by atoms with Crippen LogP contribution in [0.3, 0.4) is 0 Å². The molecule has 26 heavy (non-hydrogen) atoms. The summed E-state index contributed by atoms with van der Waals surface area (Å²) >= 11 is 2.04. The first kappa shape index (κ1) is 19.3. The molecule has 0 aliphatic carbocycles. The Morgan fingerprint density at radius 2 is 1.92 bits per heavy atom. The number of rotatable bonds is 6. The standard InChI is InChI=1S/C19H14IN3O3/c1-25-19(24)15-7-16(20)18(23-11-14(9-21)10-22)17(8-15)26-12-13-5-3-2-4-6-13/h2-8,11,23H,12H2,1H3. The first-order chi connectivity index (χ1) is 12.6. The van der Waals surface area contributed by atoms with E-state index in [-0.39, 0.29) is 5.57 Å². The third kappa shape index (κ3) is 4.98. The number of esters is 1. The van der Waals surface area contributed by atoms with E-state index in [2.05, 4.69) is 5.32 Å². The summed E-state index contributed by atoms with van der Waals surface area (Å²) in [5.41, 5.74) is 1.78. The predicted molar refractivity (Wildman–Crippen MR) is 104 cm³/mol. The minimum absolute atomic E-state index is 0.0770. The molecule has 2 rings (SSSR count). The van der Waals surface area contributed by atoms with Gasteiger partial charge in [0, 0.05) is 9.77 Å². The second-order valence-corrected chi connectivity index (χ2v) is 6.19. The van der Waals surface area contributed by atoms with Gasteiger partial charge in [-0.1, -0.05) is 30.3 Å². The summed E-state index contributed by atoms with van der Waals surface area (Å²) in [6.45, 7) is 0.295. The summed E-state index contributed by atoms with van der Waals surface area (Å²) in [6.07, 6.45) is 1.30. The molecule has 0 aromatic heterocycles. The van der Waals surface area contributed by atoms with Crippen LogP contribution in [0.15, 0.2) is 54.2 Å². The quantitative estimate of drug-likeness (QED) is 0.399. The van der Waals surface area contributed by atoms with Crippen molar-refractivity contribution in [3.05, 3.63) is 68.9 Å². The Labute approximate surface area is 164 Å². The van der Waals surface area contributed by atoms with Crippen LogP contribution in [0.1, 0.15) is 15.9 Å². The monoisotopic (exact) mass is 459 g/mol. The zero-order valence-electron chi connectivity index (χ0n) is 13.8. The lowest BCUT2D eigenvalue weighted by molar-refractivity contribution is 0.0600. The summed E-state index contributed by atoms with van der Waals surface area (Å²) in [5, 5.41) is 20.6. The van der Waals surface area contributed by atoms with Crippen LogP contribution in [0.25, 0.3) is 0 Å². The minimum Gasteiger partial charge on any atom is -0.487 e. The summed E-state index contributed by atoms with van der Waals surface area (Å²) in [7, 11) is 1.31. The fourth-order valence-electron chi connectivity index (χ4n) is 2.04. The van der Waals surface area contributed by atoms with Crippen LogP contribution in [0.4, 0.5) is 5.69 Å². The number of allylic oxidation sites excluding steroid dienone is 1. The van der Waals surface area contributed by atoms with Crippen molar-refractivity contribution in [1.29, 1.82) is 10.5 Å². The number of nitriles is 2. The normalized spacial score (nSPS) is 9.38. The number of methoxy groups -OCH3 is 1. The molecular formula is C19H14IN3O3. The molecule has 7 heteroatoms. The highest BCUT2D eigenvalue weighted by atomic mass is 127. The second-order valence-electron chi connectivity index (χ2n) is 5.02. The highest BCUT2D eigenvalue weighted by Gasteiger charge is 2.15. The van der Waals surface area contributed by atoms with E-state index in [1.54, 1.807) is 24.3 Å². The van der Waals surface area contributed by atoms with E-state index >= 15 is 0 Å². The number of benzene rings is 2. The molecule has 0 amide bonds. The van der Waals surface area contributed by atoms with E-state index in [1.807, 2.05) is 52.9 Å². The summed E-state index contributed by atoms with van der Waals surface area (Å²) in [5.74, 6) is -0.0723. The van der Waals surface area contributed by atoms with Gasteiger partial charge in [0.15, 0.2) is 0 Å². The van der Waals surface area contributed by atoms with Crippen molar-refractivity contribution in [1.82, 2.24) is 0 Å². The van der Waals surface area contributed by atoms with Gasteiger partial charge in [-0.2, -0.15) is 10.5 Å². The van der Waals surface area contributed by atoms with Crippen molar-refractivity contribution in [2.45, 2.75) is 6.61 Å². The number of hydrogen-bond donors (Lipinski definition) is 1. The van der Waals surface area contributed by atoms with E-state index in [4.69, 9.17) is 20.0 Å². The van der Waals surface area contributed by atoms with Crippen molar-refractivity contribution in [2.24, 2.45) is 0 Å². The number of ether oxygens (including phenoxy) is 2. The fraction of sp³-hybridized carbons (Fsp3) is 0.105. The van der Waals surface area contributed by atoms with Crippen molar-refractivity contribution >= 4 is 34.2 Å². The van der Waals surface area contributed by atoms with Gasteiger partial charge in [0.05, 0.1) is 18.4 Å². The lowest BCUT2D eigenvalue weighted by Crippen LogP contribution is -2.06. The first-order valence-corrected chi connectivity index (χ1v) is 8.52. The van der Waals surface area contributed by atoms with Crippen LogP contribution in [0, 0.1) is 26.2 Å². The zero-order chi connectivity index (χ0) is 18.9. The average Bonchev–Trinajstić information content (AvgIpc) is 2.68. The molecule has 0 radical (unpaired) electrons. The Kier molecular flexibility index (Phi) is 7.01. The Balaban J connectivity index is 2.38. The Morgan fingerprint density at radius 1 is 1.23 bits per heavy atom. The number of carbonyl (C=O) groups is 1. The predicted octanol–water partition coefficient (Wildman–Crippen LogP) is 4.00. The average molecular weight is 459 g/mol. The lowest BCUT2D eigenvalue weighted by Gasteiger charge is -2.15. The summed E-state index contributed by atoms with van der Waals surface area (Å²) < 4.78 is 11.3. The summed E-state index contributed by atoms with van der Waals surface area (Å²) in [4.78, 5) is 11.9. The minimum atomic E-state index is -0.482. The molecule has 2 aromatic carbocycles. The molecule has 0 bridgehead atoms. The van der Waals surface area contributed by atoms with Gasteiger partial charge in [0.2, 0.25) is 0 Å². The molecule has 0 heterocycles. The molecule has 130 valence electrons. The molecule has 0 fully saturated rings. The van der Waals surface area contributed by atoms with E-state index in [9.17, 15) is 4.79 Å². The van der Waals surface area contributed by atoms with Crippen LogP contribution >= 0.6 is 22.6 Å². The molecule has 0 unspecified atom stereocenters. The second kappa shape index (κ2) is 9.44. The van der Waals surface area contributed by atoms with Crippen LogP contribution in [0.5, 0.6) is 5.75 Å². The third-order valence-corrected chi connectivity index (χ3v) is 4.16. The number of carbonyl (C=O) groups excluding carboxylic acids is 1. The zero-order valence-corrected chi connectivity index (χ0v) is 16.0. The van der Waals surface area contributed by atoms with Gasteiger partial charge in [-0.25, -0.2) is 4.79 Å².